The number of nitrogens with zero attached hydrogens (tertiary/aromatic N) is 2. The van der Waals surface area contributed by atoms with Crippen molar-refractivity contribution in [1.82, 2.24) is 15.2 Å². The molecule has 1 aromatic carbocycles. The Bertz CT molecular complexity index is 604. The number of rotatable bonds is 13. The monoisotopic (exact) mass is 361 g/mol. The SMILES string of the molecule is CCCCN(CCCC)CCCNCc1coc(-c2ccc(F)cc2)n1. The lowest BCUT2D eigenvalue weighted by atomic mass is 10.2. The Morgan fingerprint density at radius 1 is 1.00 bits per heavy atom. The van der Waals surface area contributed by atoms with Gasteiger partial charge in [-0.2, -0.15) is 0 Å². The zero-order valence-corrected chi connectivity index (χ0v) is 16.1. The third kappa shape index (κ3) is 7.26. The second kappa shape index (κ2) is 11.8. The third-order valence-electron chi connectivity index (χ3n) is 4.43. The predicted octanol–water partition coefficient (Wildman–Crippen LogP) is 4.86. The van der Waals surface area contributed by atoms with E-state index in [0.29, 0.717) is 12.4 Å². The normalized spacial score (nSPS) is 11.4. The van der Waals surface area contributed by atoms with E-state index in [1.165, 1.54) is 50.9 Å². The molecule has 0 saturated heterocycles. The maximum absolute atomic E-state index is 13.0. The van der Waals surface area contributed by atoms with Crippen molar-refractivity contribution in [3.63, 3.8) is 0 Å². The Labute approximate surface area is 156 Å². The molecule has 2 rings (SSSR count). The van der Waals surface area contributed by atoms with Crippen LogP contribution in [0.4, 0.5) is 4.39 Å². The van der Waals surface area contributed by atoms with E-state index >= 15 is 0 Å². The van der Waals surface area contributed by atoms with Gasteiger partial charge in [-0.25, -0.2) is 9.37 Å². The largest absolute Gasteiger partial charge is 0.444 e. The standard InChI is InChI=1S/C21H32FN3O/c1-3-5-13-25(14-6-4-2)15-7-12-23-16-20-17-26-21(24-20)18-8-10-19(22)11-9-18/h8-11,17,23H,3-7,12-16H2,1-2H3. The lowest BCUT2D eigenvalue weighted by Gasteiger charge is -2.21. The first-order valence-electron chi connectivity index (χ1n) is 9.86. The van der Waals surface area contributed by atoms with Crippen LogP contribution in [0, 0.1) is 5.82 Å². The van der Waals surface area contributed by atoms with Gasteiger partial charge in [0.1, 0.15) is 12.1 Å². The van der Waals surface area contributed by atoms with Gasteiger partial charge in [-0.1, -0.05) is 26.7 Å². The average Bonchev–Trinajstić information content (AvgIpc) is 3.12. The minimum absolute atomic E-state index is 0.255. The summed E-state index contributed by atoms with van der Waals surface area (Å²) >= 11 is 0. The van der Waals surface area contributed by atoms with Crippen LogP contribution in [-0.2, 0) is 6.54 Å². The number of benzene rings is 1. The molecule has 0 radical (unpaired) electrons. The van der Waals surface area contributed by atoms with Gasteiger partial charge in [-0.3, -0.25) is 0 Å². The lowest BCUT2D eigenvalue weighted by molar-refractivity contribution is 0.261. The molecule has 0 bridgehead atoms. The number of oxazole rings is 1. The van der Waals surface area contributed by atoms with Crippen LogP contribution in [0.15, 0.2) is 34.9 Å². The quantitative estimate of drug-likeness (QED) is 0.517. The molecule has 144 valence electrons. The zero-order valence-electron chi connectivity index (χ0n) is 16.1. The summed E-state index contributed by atoms with van der Waals surface area (Å²) in [7, 11) is 0. The van der Waals surface area contributed by atoms with Gasteiger partial charge in [0.05, 0.1) is 5.69 Å². The number of aromatic nitrogens is 1. The van der Waals surface area contributed by atoms with E-state index in [4.69, 9.17) is 4.42 Å². The van der Waals surface area contributed by atoms with Crippen LogP contribution >= 0.6 is 0 Å². The molecule has 2 aromatic rings. The van der Waals surface area contributed by atoms with Crippen LogP contribution in [0.5, 0.6) is 0 Å². The molecule has 1 N–H and O–H groups in total. The van der Waals surface area contributed by atoms with Gasteiger partial charge >= 0.3 is 0 Å². The highest BCUT2D eigenvalue weighted by molar-refractivity contribution is 5.52. The van der Waals surface area contributed by atoms with E-state index in [0.717, 1.165) is 30.8 Å². The number of nitrogens with one attached hydrogen (secondary N) is 1. The summed E-state index contributed by atoms with van der Waals surface area (Å²) in [5.41, 5.74) is 1.67. The molecule has 1 aromatic heterocycles. The van der Waals surface area contributed by atoms with Crippen molar-refractivity contribution in [2.45, 2.75) is 52.5 Å². The Kier molecular flexibility index (Phi) is 9.35. The van der Waals surface area contributed by atoms with E-state index in [9.17, 15) is 4.39 Å². The Balaban J connectivity index is 1.68. The van der Waals surface area contributed by atoms with Gasteiger partial charge in [0.2, 0.25) is 5.89 Å². The molecule has 0 aliphatic carbocycles. The summed E-state index contributed by atoms with van der Waals surface area (Å²) in [5.74, 6) is 0.279. The van der Waals surface area contributed by atoms with Crippen LogP contribution in [0.3, 0.4) is 0 Å². The first-order chi connectivity index (χ1) is 12.7. The van der Waals surface area contributed by atoms with Crippen molar-refractivity contribution in [1.29, 1.82) is 0 Å². The zero-order chi connectivity index (χ0) is 18.6. The fourth-order valence-electron chi connectivity index (χ4n) is 2.86. The van der Waals surface area contributed by atoms with Crippen LogP contribution in [0.1, 0.15) is 51.6 Å². The van der Waals surface area contributed by atoms with E-state index in [1.54, 1.807) is 18.4 Å². The maximum Gasteiger partial charge on any atom is 0.226 e. The fourth-order valence-corrected chi connectivity index (χ4v) is 2.86. The molecule has 5 heteroatoms. The second-order valence-electron chi connectivity index (χ2n) is 6.73. The van der Waals surface area contributed by atoms with Crippen molar-refractivity contribution >= 4 is 0 Å². The van der Waals surface area contributed by atoms with Crippen molar-refractivity contribution in [3.05, 3.63) is 42.0 Å². The van der Waals surface area contributed by atoms with E-state index in [1.807, 2.05) is 0 Å². The predicted molar refractivity (Wildman–Crippen MR) is 104 cm³/mol. The Hall–Kier alpha value is -1.72. The number of hydrogen-bond acceptors (Lipinski definition) is 4. The first kappa shape index (κ1) is 20.6. The molecule has 0 saturated carbocycles. The highest BCUT2D eigenvalue weighted by atomic mass is 19.1. The second-order valence-corrected chi connectivity index (χ2v) is 6.73. The number of halogens is 1. The van der Waals surface area contributed by atoms with Gasteiger partial charge < -0.3 is 14.6 Å². The Morgan fingerprint density at radius 2 is 1.65 bits per heavy atom. The topological polar surface area (TPSA) is 41.3 Å². The van der Waals surface area contributed by atoms with Gasteiger partial charge in [0.25, 0.3) is 0 Å². The summed E-state index contributed by atoms with van der Waals surface area (Å²) in [6, 6.07) is 6.19. The van der Waals surface area contributed by atoms with E-state index in [-0.39, 0.29) is 5.82 Å². The van der Waals surface area contributed by atoms with Gasteiger partial charge in [-0.15, -0.1) is 0 Å². The summed E-state index contributed by atoms with van der Waals surface area (Å²) in [6.07, 6.45) is 7.87. The van der Waals surface area contributed by atoms with Crippen molar-refractivity contribution in [2.24, 2.45) is 0 Å². The molecule has 26 heavy (non-hydrogen) atoms. The van der Waals surface area contributed by atoms with Crippen LogP contribution in [0.25, 0.3) is 11.5 Å². The molecule has 0 amide bonds. The average molecular weight is 362 g/mol. The molecule has 0 aliphatic heterocycles. The van der Waals surface area contributed by atoms with Gasteiger partial charge in [0.15, 0.2) is 0 Å². The number of hydrogen-bond donors (Lipinski definition) is 1. The summed E-state index contributed by atoms with van der Waals surface area (Å²) in [4.78, 5) is 7.04. The van der Waals surface area contributed by atoms with Crippen LogP contribution in [-0.4, -0.2) is 36.1 Å². The highest BCUT2D eigenvalue weighted by Gasteiger charge is 2.07. The van der Waals surface area contributed by atoms with E-state index in [2.05, 4.69) is 29.0 Å². The Morgan fingerprint density at radius 3 is 2.31 bits per heavy atom. The summed E-state index contributed by atoms with van der Waals surface area (Å²) in [5, 5.41) is 3.43. The number of unbranched alkanes of at least 4 members (excludes halogenated alkanes) is 2. The minimum atomic E-state index is -0.255. The molecule has 1 heterocycles. The highest BCUT2D eigenvalue weighted by Crippen LogP contribution is 2.18. The molecular weight excluding hydrogens is 329 g/mol. The summed E-state index contributed by atoms with van der Waals surface area (Å²) < 4.78 is 18.5. The minimum Gasteiger partial charge on any atom is -0.444 e. The van der Waals surface area contributed by atoms with Gasteiger partial charge in [-0.05, 0) is 69.7 Å². The molecule has 0 unspecified atom stereocenters. The smallest absolute Gasteiger partial charge is 0.226 e. The molecule has 4 nitrogen and oxygen atoms in total. The fraction of sp³-hybridized carbons (Fsp3) is 0.571. The lowest BCUT2D eigenvalue weighted by Crippen LogP contribution is -2.29. The van der Waals surface area contributed by atoms with E-state index < -0.39 is 0 Å². The first-order valence-corrected chi connectivity index (χ1v) is 9.86. The maximum atomic E-state index is 13.0. The van der Waals surface area contributed by atoms with Crippen molar-refractivity contribution in [2.75, 3.05) is 26.2 Å². The summed E-state index contributed by atoms with van der Waals surface area (Å²) in [6.45, 7) is 9.71. The molecule has 0 atom stereocenters. The van der Waals surface area contributed by atoms with Crippen molar-refractivity contribution < 1.29 is 8.81 Å². The third-order valence-corrected chi connectivity index (χ3v) is 4.43. The van der Waals surface area contributed by atoms with Crippen molar-refractivity contribution in [3.8, 4) is 11.5 Å². The molecule has 0 fully saturated rings. The van der Waals surface area contributed by atoms with Gasteiger partial charge in [0, 0.05) is 12.1 Å². The van der Waals surface area contributed by atoms with Crippen LogP contribution < -0.4 is 5.32 Å². The molecular formula is C21H32FN3O. The molecule has 0 aliphatic rings. The van der Waals surface area contributed by atoms with Crippen LogP contribution in [0.2, 0.25) is 0 Å². The molecule has 0 spiro atoms.